The van der Waals surface area contributed by atoms with Gasteiger partial charge in [0.15, 0.2) is 0 Å². The molecule has 0 spiro atoms. The van der Waals surface area contributed by atoms with Crippen LogP contribution >= 0.6 is 0 Å². The van der Waals surface area contributed by atoms with Crippen molar-refractivity contribution in [3.8, 4) is 5.75 Å². The van der Waals surface area contributed by atoms with Crippen LogP contribution in [-0.4, -0.2) is 49.5 Å². The summed E-state index contributed by atoms with van der Waals surface area (Å²) in [4.78, 5) is 2.31. The number of likely N-dealkylation sites (N-methyl/N-ethyl adjacent to an activating group) is 1. The van der Waals surface area contributed by atoms with Gasteiger partial charge in [0, 0.05) is 12.6 Å². The second-order valence-electron chi connectivity index (χ2n) is 6.61. The Bertz CT molecular complexity index is 444. The van der Waals surface area contributed by atoms with E-state index in [9.17, 15) is 5.11 Å². The molecule has 1 atom stereocenters. The number of nitrogens with zero attached hydrogens (tertiary/aromatic N) is 1. The molecule has 130 valence electrons. The Balaban J connectivity index is 1.68. The Kier molecular flexibility index (Phi) is 7.86. The lowest BCUT2D eigenvalue weighted by Crippen LogP contribution is -2.39. The van der Waals surface area contributed by atoms with Gasteiger partial charge in [-0.15, -0.1) is 0 Å². The van der Waals surface area contributed by atoms with Gasteiger partial charge in [0.1, 0.15) is 5.75 Å². The van der Waals surface area contributed by atoms with Crippen LogP contribution < -0.4 is 4.74 Å². The molecular weight excluding hydrogens is 290 g/mol. The van der Waals surface area contributed by atoms with Crippen LogP contribution in [0, 0.1) is 0 Å². The average molecular weight is 321 g/mol. The largest absolute Gasteiger partial charge is 0.497 e. The van der Waals surface area contributed by atoms with Crippen molar-refractivity contribution in [1.29, 1.82) is 0 Å². The van der Waals surface area contributed by atoms with Crippen LogP contribution in [0.1, 0.15) is 44.1 Å². The number of hydrogen-bond acceptors (Lipinski definition) is 4. The van der Waals surface area contributed by atoms with Crippen molar-refractivity contribution in [2.75, 3.05) is 27.3 Å². The van der Waals surface area contributed by atoms with E-state index in [1.54, 1.807) is 7.11 Å². The molecule has 1 aromatic carbocycles. The van der Waals surface area contributed by atoms with Crippen molar-refractivity contribution in [3.63, 3.8) is 0 Å². The zero-order chi connectivity index (χ0) is 16.5. The molecule has 1 N–H and O–H groups in total. The minimum absolute atomic E-state index is 0.369. The second-order valence-corrected chi connectivity index (χ2v) is 6.61. The molecule has 1 aliphatic rings. The fourth-order valence-corrected chi connectivity index (χ4v) is 3.31. The van der Waals surface area contributed by atoms with Gasteiger partial charge in [0.05, 0.1) is 26.4 Å². The van der Waals surface area contributed by atoms with Gasteiger partial charge >= 0.3 is 0 Å². The molecule has 1 aliphatic carbocycles. The molecule has 4 heteroatoms. The monoisotopic (exact) mass is 321 g/mol. The van der Waals surface area contributed by atoms with Gasteiger partial charge in [0.25, 0.3) is 0 Å². The van der Waals surface area contributed by atoms with Gasteiger partial charge in [0.2, 0.25) is 0 Å². The summed E-state index contributed by atoms with van der Waals surface area (Å²) in [5.41, 5.74) is 1.06. The van der Waals surface area contributed by atoms with Crippen molar-refractivity contribution < 1.29 is 14.6 Å². The molecule has 0 saturated heterocycles. The quantitative estimate of drug-likeness (QED) is 0.747. The first kappa shape index (κ1) is 18.2. The summed E-state index contributed by atoms with van der Waals surface area (Å²) in [7, 11) is 3.79. The van der Waals surface area contributed by atoms with Gasteiger partial charge in [-0.2, -0.15) is 0 Å². The van der Waals surface area contributed by atoms with Gasteiger partial charge in [-0.25, -0.2) is 0 Å². The van der Waals surface area contributed by atoms with Crippen molar-refractivity contribution in [2.24, 2.45) is 0 Å². The Morgan fingerprint density at radius 1 is 1.22 bits per heavy atom. The predicted octanol–water partition coefficient (Wildman–Crippen LogP) is 3.23. The summed E-state index contributed by atoms with van der Waals surface area (Å²) in [6.45, 7) is 1.55. The third kappa shape index (κ3) is 6.50. The molecular formula is C19H31NO3. The van der Waals surface area contributed by atoms with Gasteiger partial charge in [-0.1, -0.05) is 37.8 Å². The number of aliphatic hydroxyl groups is 1. The standard InChI is InChI=1S/C19H31NO3/c1-20(17-9-5-3-4-6-10-17)13-18(21)15-23-14-16-8-7-11-19(12-16)22-2/h7-8,11-12,17-18,21H,3-6,9-10,13-15H2,1-2H3. The molecule has 0 radical (unpaired) electrons. The molecule has 2 rings (SSSR count). The molecule has 0 amide bonds. The molecule has 1 saturated carbocycles. The first-order chi connectivity index (χ1) is 11.2. The summed E-state index contributed by atoms with van der Waals surface area (Å²) in [6.07, 6.45) is 7.43. The number of rotatable bonds is 8. The Hall–Kier alpha value is -1.10. The highest BCUT2D eigenvalue weighted by Crippen LogP contribution is 2.21. The van der Waals surface area contributed by atoms with Crippen LogP contribution in [0.15, 0.2) is 24.3 Å². The lowest BCUT2D eigenvalue weighted by molar-refractivity contribution is 0.00648. The maximum absolute atomic E-state index is 10.2. The zero-order valence-corrected chi connectivity index (χ0v) is 14.5. The number of aliphatic hydroxyl groups excluding tert-OH is 1. The van der Waals surface area contributed by atoms with Crippen LogP contribution in [0.5, 0.6) is 5.75 Å². The van der Waals surface area contributed by atoms with Crippen LogP contribution in [0.4, 0.5) is 0 Å². The van der Waals surface area contributed by atoms with E-state index in [2.05, 4.69) is 11.9 Å². The van der Waals surface area contributed by atoms with E-state index in [1.807, 2.05) is 24.3 Å². The number of benzene rings is 1. The molecule has 0 aromatic heterocycles. The first-order valence-corrected chi connectivity index (χ1v) is 8.78. The van der Waals surface area contributed by atoms with E-state index in [1.165, 1.54) is 38.5 Å². The van der Waals surface area contributed by atoms with Crippen LogP contribution in [0.25, 0.3) is 0 Å². The maximum atomic E-state index is 10.2. The highest BCUT2D eigenvalue weighted by molar-refractivity contribution is 5.27. The molecule has 23 heavy (non-hydrogen) atoms. The number of ether oxygens (including phenoxy) is 2. The minimum Gasteiger partial charge on any atom is -0.497 e. The van der Waals surface area contributed by atoms with Gasteiger partial charge in [-0.3, -0.25) is 0 Å². The van der Waals surface area contributed by atoms with Crippen molar-refractivity contribution >= 4 is 0 Å². The lowest BCUT2D eigenvalue weighted by atomic mass is 10.1. The lowest BCUT2D eigenvalue weighted by Gasteiger charge is -2.29. The predicted molar refractivity (Wildman–Crippen MR) is 92.8 cm³/mol. The van der Waals surface area contributed by atoms with E-state index in [4.69, 9.17) is 9.47 Å². The minimum atomic E-state index is -0.436. The van der Waals surface area contributed by atoms with Crippen molar-refractivity contribution in [3.05, 3.63) is 29.8 Å². The molecule has 1 fully saturated rings. The summed E-state index contributed by atoms with van der Waals surface area (Å²) in [5, 5.41) is 10.2. The normalized spacial score (nSPS) is 17.9. The Labute approximate surface area is 140 Å². The number of hydrogen-bond donors (Lipinski definition) is 1. The highest BCUT2D eigenvalue weighted by Gasteiger charge is 2.19. The Morgan fingerprint density at radius 2 is 1.96 bits per heavy atom. The van der Waals surface area contributed by atoms with E-state index in [-0.39, 0.29) is 0 Å². The third-order valence-electron chi connectivity index (χ3n) is 4.66. The van der Waals surface area contributed by atoms with Crippen LogP contribution in [-0.2, 0) is 11.3 Å². The second kappa shape index (κ2) is 9.91. The smallest absolute Gasteiger partial charge is 0.119 e. The SMILES string of the molecule is COc1cccc(COCC(O)CN(C)C2CCCCCC2)c1. The topological polar surface area (TPSA) is 41.9 Å². The number of methoxy groups -OCH3 is 1. The molecule has 1 unspecified atom stereocenters. The third-order valence-corrected chi connectivity index (χ3v) is 4.66. The Morgan fingerprint density at radius 3 is 2.65 bits per heavy atom. The van der Waals surface area contributed by atoms with E-state index >= 15 is 0 Å². The first-order valence-electron chi connectivity index (χ1n) is 8.78. The highest BCUT2D eigenvalue weighted by atomic mass is 16.5. The molecule has 0 bridgehead atoms. The summed E-state index contributed by atoms with van der Waals surface area (Å²) < 4.78 is 10.9. The molecule has 4 nitrogen and oxygen atoms in total. The maximum Gasteiger partial charge on any atom is 0.119 e. The fourth-order valence-electron chi connectivity index (χ4n) is 3.31. The van der Waals surface area contributed by atoms with Gasteiger partial charge in [-0.05, 0) is 37.6 Å². The van der Waals surface area contributed by atoms with Crippen molar-refractivity contribution in [1.82, 2.24) is 4.90 Å². The van der Waals surface area contributed by atoms with Crippen LogP contribution in [0.3, 0.4) is 0 Å². The molecule has 0 heterocycles. The molecule has 0 aliphatic heterocycles. The molecule has 1 aromatic rings. The van der Waals surface area contributed by atoms with Crippen LogP contribution in [0.2, 0.25) is 0 Å². The van der Waals surface area contributed by atoms with Crippen molar-refractivity contribution in [2.45, 2.75) is 57.3 Å². The summed E-state index contributed by atoms with van der Waals surface area (Å²) >= 11 is 0. The van der Waals surface area contributed by atoms with E-state index < -0.39 is 6.10 Å². The van der Waals surface area contributed by atoms with Gasteiger partial charge < -0.3 is 19.5 Å². The zero-order valence-electron chi connectivity index (χ0n) is 14.5. The van der Waals surface area contributed by atoms with E-state index in [0.717, 1.165) is 11.3 Å². The summed E-state index contributed by atoms with van der Waals surface area (Å²) in [6, 6.07) is 8.45. The summed E-state index contributed by atoms with van der Waals surface area (Å²) in [5.74, 6) is 0.833. The van der Waals surface area contributed by atoms with E-state index in [0.29, 0.717) is 25.8 Å². The fraction of sp³-hybridized carbons (Fsp3) is 0.684. The average Bonchev–Trinajstić information content (AvgIpc) is 2.84.